The minimum absolute atomic E-state index is 0.577. The van der Waals surface area contributed by atoms with Crippen molar-refractivity contribution in [3.8, 4) is 0 Å². The SMILES string of the molecule is CC(C1CC1)C(CCC1CC1)NN. The van der Waals surface area contributed by atoms with E-state index < -0.39 is 0 Å². The standard InChI is InChI=1S/C11H22N2/c1-8(10-5-6-10)11(13-12)7-4-9-2-3-9/h8-11,13H,2-7,12H2,1H3. The van der Waals surface area contributed by atoms with Crippen molar-refractivity contribution in [2.45, 2.75) is 51.5 Å². The highest BCUT2D eigenvalue weighted by Gasteiger charge is 2.33. The third-order valence-corrected chi connectivity index (χ3v) is 3.80. The molecule has 0 aliphatic heterocycles. The molecule has 2 aliphatic rings. The van der Waals surface area contributed by atoms with E-state index in [4.69, 9.17) is 5.84 Å². The molecule has 0 radical (unpaired) electrons. The maximum absolute atomic E-state index is 5.60. The number of hydrazine groups is 1. The lowest BCUT2D eigenvalue weighted by Crippen LogP contribution is -2.40. The van der Waals surface area contributed by atoms with E-state index in [0.717, 1.165) is 17.8 Å². The lowest BCUT2D eigenvalue weighted by molar-refractivity contribution is 0.318. The van der Waals surface area contributed by atoms with E-state index in [-0.39, 0.29) is 0 Å². The van der Waals surface area contributed by atoms with Crippen LogP contribution in [0.5, 0.6) is 0 Å². The first-order chi connectivity index (χ1) is 6.31. The zero-order valence-corrected chi connectivity index (χ0v) is 8.63. The average molecular weight is 182 g/mol. The Hall–Kier alpha value is -0.0800. The molecule has 0 heterocycles. The summed E-state index contributed by atoms with van der Waals surface area (Å²) in [6.07, 6.45) is 8.49. The summed E-state index contributed by atoms with van der Waals surface area (Å²) in [5, 5.41) is 0. The molecular weight excluding hydrogens is 160 g/mol. The van der Waals surface area contributed by atoms with Gasteiger partial charge in [-0.25, -0.2) is 0 Å². The van der Waals surface area contributed by atoms with Crippen LogP contribution in [0.4, 0.5) is 0 Å². The van der Waals surface area contributed by atoms with Gasteiger partial charge in [-0.05, 0) is 43.4 Å². The van der Waals surface area contributed by atoms with Crippen molar-refractivity contribution in [1.29, 1.82) is 0 Å². The van der Waals surface area contributed by atoms with Crippen LogP contribution in [-0.4, -0.2) is 6.04 Å². The molecule has 0 aromatic rings. The molecule has 2 atom stereocenters. The first-order valence-electron chi connectivity index (χ1n) is 5.77. The molecule has 0 spiro atoms. The third-order valence-electron chi connectivity index (χ3n) is 3.80. The Bertz CT molecular complexity index is 161. The summed E-state index contributed by atoms with van der Waals surface area (Å²) in [5.41, 5.74) is 3.01. The summed E-state index contributed by atoms with van der Waals surface area (Å²) in [5.74, 6) is 8.41. The molecule has 0 aromatic heterocycles. The molecule has 0 saturated heterocycles. The van der Waals surface area contributed by atoms with Crippen LogP contribution in [0.2, 0.25) is 0 Å². The van der Waals surface area contributed by atoms with E-state index in [9.17, 15) is 0 Å². The van der Waals surface area contributed by atoms with E-state index in [1.807, 2.05) is 0 Å². The number of hydrogen-bond donors (Lipinski definition) is 2. The summed E-state index contributed by atoms with van der Waals surface area (Å²) < 4.78 is 0. The second kappa shape index (κ2) is 3.97. The van der Waals surface area contributed by atoms with E-state index in [2.05, 4.69) is 12.3 Å². The molecule has 2 saturated carbocycles. The monoisotopic (exact) mass is 182 g/mol. The highest BCUT2D eigenvalue weighted by Crippen LogP contribution is 2.40. The second-order valence-electron chi connectivity index (χ2n) is 4.99. The van der Waals surface area contributed by atoms with Gasteiger partial charge in [-0.1, -0.05) is 19.8 Å². The number of hydrogen-bond acceptors (Lipinski definition) is 2. The van der Waals surface area contributed by atoms with Gasteiger partial charge < -0.3 is 0 Å². The fourth-order valence-corrected chi connectivity index (χ4v) is 2.27. The molecule has 2 unspecified atom stereocenters. The molecule has 2 nitrogen and oxygen atoms in total. The average Bonchev–Trinajstić information content (AvgIpc) is 3.00. The summed E-state index contributed by atoms with van der Waals surface area (Å²) in [4.78, 5) is 0. The Kier molecular flexibility index (Phi) is 2.89. The van der Waals surface area contributed by atoms with Crippen molar-refractivity contribution in [2.24, 2.45) is 23.6 Å². The van der Waals surface area contributed by atoms with Crippen molar-refractivity contribution in [3.63, 3.8) is 0 Å². The second-order valence-corrected chi connectivity index (χ2v) is 4.99. The molecule has 2 aliphatic carbocycles. The fraction of sp³-hybridized carbons (Fsp3) is 1.00. The molecule has 3 N–H and O–H groups in total. The van der Waals surface area contributed by atoms with Gasteiger partial charge in [0.2, 0.25) is 0 Å². The highest BCUT2D eigenvalue weighted by atomic mass is 15.2. The summed E-state index contributed by atoms with van der Waals surface area (Å²) in [6.45, 7) is 2.36. The van der Waals surface area contributed by atoms with Gasteiger partial charge in [-0.15, -0.1) is 0 Å². The van der Waals surface area contributed by atoms with Crippen LogP contribution in [-0.2, 0) is 0 Å². The Morgan fingerprint density at radius 1 is 1.31 bits per heavy atom. The molecule has 0 aromatic carbocycles. The van der Waals surface area contributed by atoms with Crippen LogP contribution in [0.1, 0.15) is 45.4 Å². The van der Waals surface area contributed by atoms with Crippen LogP contribution in [0.25, 0.3) is 0 Å². The van der Waals surface area contributed by atoms with Crippen molar-refractivity contribution in [2.75, 3.05) is 0 Å². The van der Waals surface area contributed by atoms with Crippen LogP contribution in [0, 0.1) is 17.8 Å². The Morgan fingerprint density at radius 3 is 2.46 bits per heavy atom. The largest absolute Gasteiger partial charge is 0.271 e. The van der Waals surface area contributed by atoms with Crippen molar-refractivity contribution >= 4 is 0 Å². The maximum atomic E-state index is 5.60. The smallest absolute Gasteiger partial charge is 0.0238 e. The van der Waals surface area contributed by atoms with Crippen molar-refractivity contribution < 1.29 is 0 Å². The van der Waals surface area contributed by atoms with Crippen molar-refractivity contribution in [1.82, 2.24) is 5.43 Å². The van der Waals surface area contributed by atoms with Gasteiger partial charge in [-0.3, -0.25) is 11.3 Å². The summed E-state index contributed by atoms with van der Waals surface area (Å²) in [7, 11) is 0. The minimum atomic E-state index is 0.577. The molecular formula is C11H22N2. The predicted molar refractivity (Wildman–Crippen MR) is 55.0 cm³/mol. The van der Waals surface area contributed by atoms with Crippen molar-refractivity contribution in [3.05, 3.63) is 0 Å². The minimum Gasteiger partial charge on any atom is -0.271 e. The van der Waals surface area contributed by atoms with Gasteiger partial charge in [0.1, 0.15) is 0 Å². The van der Waals surface area contributed by atoms with Crippen LogP contribution in [0.3, 0.4) is 0 Å². The van der Waals surface area contributed by atoms with Crippen LogP contribution in [0.15, 0.2) is 0 Å². The highest BCUT2D eigenvalue weighted by molar-refractivity contribution is 4.86. The number of rotatable bonds is 6. The van der Waals surface area contributed by atoms with Gasteiger partial charge in [0.15, 0.2) is 0 Å². The summed E-state index contributed by atoms with van der Waals surface area (Å²) in [6, 6.07) is 0.577. The number of nitrogens with two attached hydrogens (primary N) is 1. The van der Waals surface area contributed by atoms with Gasteiger partial charge in [0.05, 0.1) is 0 Å². The van der Waals surface area contributed by atoms with Gasteiger partial charge in [0, 0.05) is 6.04 Å². The lowest BCUT2D eigenvalue weighted by Gasteiger charge is -2.22. The molecule has 2 heteroatoms. The van der Waals surface area contributed by atoms with E-state index >= 15 is 0 Å². The van der Waals surface area contributed by atoms with Crippen LogP contribution >= 0.6 is 0 Å². The lowest BCUT2D eigenvalue weighted by atomic mass is 9.93. The molecule has 2 fully saturated rings. The Balaban J connectivity index is 1.70. The number of nitrogens with one attached hydrogen (secondary N) is 1. The topological polar surface area (TPSA) is 38.0 Å². The zero-order chi connectivity index (χ0) is 9.26. The first-order valence-corrected chi connectivity index (χ1v) is 5.77. The van der Waals surface area contributed by atoms with Gasteiger partial charge in [0.25, 0.3) is 0 Å². The fourth-order valence-electron chi connectivity index (χ4n) is 2.27. The summed E-state index contributed by atoms with van der Waals surface area (Å²) >= 11 is 0. The Labute approximate surface area is 81.2 Å². The molecule has 0 bridgehead atoms. The van der Waals surface area contributed by atoms with E-state index in [1.54, 1.807) is 0 Å². The molecule has 13 heavy (non-hydrogen) atoms. The third kappa shape index (κ3) is 2.68. The molecule has 0 amide bonds. The zero-order valence-electron chi connectivity index (χ0n) is 8.63. The van der Waals surface area contributed by atoms with Gasteiger partial charge >= 0.3 is 0 Å². The Morgan fingerprint density at radius 2 is 2.00 bits per heavy atom. The normalized spacial score (nSPS) is 27.2. The maximum Gasteiger partial charge on any atom is 0.0238 e. The molecule has 2 rings (SSSR count). The molecule has 76 valence electrons. The van der Waals surface area contributed by atoms with Crippen LogP contribution < -0.4 is 11.3 Å². The van der Waals surface area contributed by atoms with Gasteiger partial charge in [-0.2, -0.15) is 0 Å². The quantitative estimate of drug-likeness (QED) is 0.487. The van der Waals surface area contributed by atoms with E-state index in [0.29, 0.717) is 6.04 Å². The first kappa shape index (κ1) is 9.47. The van der Waals surface area contributed by atoms with E-state index in [1.165, 1.54) is 38.5 Å². The predicted octanol–water partition coefficient (Wildman–Crippen LogP) is 2.05.